The minimum absolute atomic E-state index is 0.869. The van der Waals surface area contributed by atoms with Crippen LogP contribution in [0.3, 0.4) is 0 Å². The van der Waals surface area contributed by atoms with E-state index in [4.69, 9.17) is 11.6 Å². The molecule has 0 bridgehead atoms. The van der Waals surface area contributed by atoms with Crippen LogP contribution in [0.1, 0.15) is 19.0 Å². The van der Waals surface area contributed by atoms with E-state index in [9.17, 15) is 0 Å². The SMILES string of the molecule is CCCn1ccc(Cl)c1C. The van der Waals surface area contributed by atoms with Crippen LogP contribution in [0.25, 0.3) is 0 Å². The number of nitrogens with zero attached hydrogens (tertiary/aromatic N) is 1. The summed E-state index contributed by atoms with van der Waals surface area (Å²) in [6.07, 6.45) is 3.19. The molecule has 1 nitrogen and oxygen atoms in total. The van der Waals surface area contributed by atoms with Crippen LogP contribution in [-0.2, 0) is 6.54 Å². The summed E-state index contributed by atoms with van der Waals surface area (Å²) in [7, 11) is 0. The molecule has 0 aliphatic heterocycles. The molecular weight excluding hydrogens is 146 g/mol. The average molecular weight is 158 g/mol. The molecule has 1 aromatic heterocycles. The zero-order chi connectivity index (χ0) is 7.56. The number of hydrogen-bond acceptors (Lipinski definition) is 0. The molecule has 0 radical (unpaired) electrons. The first-order valence-electron chi connectivity index (χ1n) is 3.57. The molecular formula is C8H12ClN. The van der Waals surface area contributed by atoms with Crippen molar-refractivity contribution >= 4 is 11.6 Å². The summed E-state index contributed by atoms with van der Waals surface area (Å²) < 4.78 is 2.17. The van der Waals surface area contributed by atoms with E-state index in [0.29, 0.717) is 0 Å². The molecule has 0 saturated heterocycles. The van der Waals surface area contributed by atoms with Crippen LogP contribution < -0.4 is 0 Å². The third-order valence-electron chi connectivity index (χ3n) is 1.64. The van der Waals surface area contributed by atoms with E-state index in [0.717, 1.165) is 18.0 Å². The molecule has 0 aromatic carbocycles. The normalized spacial score (nSPS) is 10.3. The topological polar surface area (TPSA) is 4.93 Å². The standard InChI is InChI=1S/C8H12ClN/c1-3-5-10-6-4-8(9)7(10)2/h4,6H,3,5H2,1-2H3. The Morgan fingerprint density at radius 3 is 2.70 bits per heavy atom. The molecule has 0 atom stereocenters. The lowest BCUT2D eigenvalue weighted by molar-refractivity contribution is 0.666. The second-order valence-electron chi connectivity index (χ2n) is 2.44. The van der Waals surface area contributed by atoms with Crippen molar-refractivity contribution in [1.29, 1.82) is 0 Å². The Morgan fingerprint density at radius 1 is 1.60 bits per heavy atom. The number of hydrogen-bond donors (Lipinski definition) is 0. The summed E-state index contributed by atoms with van der Waals surface area (Å²) in [5, 5.41) is 0.869. The first-order chi connectivity index (χ1) is 4.75. The van der Waals surface area contributed by atoms with Gasteiger partial charge in [0.25, 0.3) is 0 Å². The van der Waals surface area contributed by atoms with Crippen molar-refractivity contribution in [2.45, 2.75) is 26.8 Å². The largest absolute Gasteiger partial charge is 0.350 e. The molecule has 0 fully saturated rings. The molecule has 10 heavy (non-hydrogen) atoms. The maximum absolute atomic E-state index is 5.84. The van der Waals surface area contributed by atoms with Crippen molar-refractivity contribution in [3.05, 3.63) is 23.0 Å². The van der Waals surface area contributed by atoms with Gasteiger partial charge in [0.15, 0.2) is 0 Å². The molecule has 56 valence electrons. The minimum Gasteiger partial charge on any atom is -0.350 e. The van der Waals surface area contributed by atoms with Gasteiger partial charge in [0, 0.05) is 18.4 Å². The minimum atomic E-state index is 0.869. The van der Waals surface area contributed by atoms with Gasteiger partial charge in [-0.3, -0.25) is 0 Å². The fraction of sp³-hybridized carbons (Fsp3) is 0.500. The van der Waals surface area contributed by atoms with Crippen LogP contribution in [0.5, 0.6) is 0 Å². The van der Waals surface area contributed by atoms with E-state index in [1.165, 1.54) is 5.69 Å². The third-order valence-corrected chi connectivity index (χ3v) is 2.04. The van der Waals surface area contributed by atoms with Gasteiger partial charge in [-0.15, -0.1) is 0 Å². The van der Waals surface area contributed by atoms with Crippen molar-refractivity contribution in [2.24, 2.45) is 0 Å². The predicted octanol–water partition coefficient (Wildman–Crippen LogP) is 2.86. The van der Waals surface area contributed by atoms with Gasteiger partial charge < -0.3 is 4.57 Å². The first-order valence-corrected chi connectivity index (χ1v) is 3.94. The van der Waals surface area contributed by atoms with E-state index in [2.05, 4.69) is 11.5 Å². The molecule has 1 heterocycles. The molecule has 0 aliphatic carbocycles. The van der Waals surface area contributed by atoms with Crippen LogP contribution in [0.4, 0.5) is 0 Å². The molecule has 0 amide bonds. The van der Waals surface area contributed by atoms with E-state index >= 15 is 0 Å². The van der Waals surface area contributed by atoms with Crippen molar-refractivity contribution < 1.29 is 0 Å². The summed E-state index contributed by atoms with van der Waals surface area (Å²) in [6.45, 7) is 5.27. The first kappa shape index (κ1) is 7.67. The van der Waals surface area contributed by atoms with E-state index in [1.807, 2.05) is 19.2 Å². The second-order valence-corrected chi connectivity index (χ2v) is 2.85. The van der Waals surface area contributed by atoms with Crippen LogP contribution >= 0.6 is 11.6 Å². The highest BCUT2D eigenvalue weighted by Gasteiger charge is 1.98. The van der Waals surface area contributed by atoms with Crippen molar-refractivity contribution in [2.75, 3.05) is 0 Å². The summed E-state index contributed by atoms with van der Waals surface area (Å²) >= 11 is 5.84. The van der Waals surface area contributed by atoms with Gasteiger partial charge in [0.1, 0.15) is 0 Å². The van der Waals surface area contributed by atoms with Gasteiger partial charge in [0.2, 0.25) is 0 Å². The monoisotopic (exact) mass is 157 g/mol. The van der Waals surface area contributed by atoms with Crippen LogP contribution in [0.15, 0.2) is 12.3 Å². The molecule has 1 aromatic rings. The fourth-order valence-electron chi connectivity index (χ4n) is 1.01. The van der Waals surface area contributed by atoms with Gasteiger partial charge in [-0.25, -0.2) is 0 Å². The van der Waals surface area contributed by atoms with Crippen LogP contribution in [-0.4, -0.2) is 4.57 Å². The Kier molecular flexibility index (Phi) is 2.39. The molecule has 2 heteroatoms. The molecule has 0 unspecified atom stereocenters. The highest BCUT2D eigenvalue weighted by molar-refractivity contribution is 6.31. The van der Waals surface area contributed by atoms with E-state index in [-0.39, 0.29) is 0 Å². The van der Waals surface area contributed by atoms with Gasteiger partial charge in [-0.05, 0) is 19.4 Å². The summed E-state index contributed by atoms with van der Waals surface area (Å²) in [5.74, 6) is 0. The van der Waals surface area contributed by atoms with E-state index < -0.39 is 0 Å². The van der Waals surface area contributed by atoms with E-state index in [1.54, 1.807) is 0 Å². The Bertz CT molecular complexity index is 215. The quantitative estimate of drug-likeness (QED) is 0.622. The molecule has 1 rings (SSSR count). The highest BCUT2D eigenvalue weighted by atomic mass is 35.5. The Balaban J connectivity index is 2.83. The predicted molar refractivity (Wildman–Crippen MR) is 44.5 cm³/mol. The van der Waals surface area contributed by atoms with Crippen LogP contribution in [0, 0.1) is 6.92 Å². The van der Waals surface area contributed by atoms with Crippen LogP contribution in [0.2, 0.25) is 5.02 Å². The van der Waals surface area contributed by atoms with Gasteiger partial charge >= 0.3 is 0 Å². The summed E-state index contributed by atoms with van der Waals surface area (Å²) in [5.41, 5.74) is 1.17. The lowest BCUT2D eigenvalue weighted by Crippen LogP contribution is -1.96. The molecule has 0 spiro atoms. The lowest BCUT2D eigenvalue weighted by atomic mass is 10.4. The smallest absolute Gasteiger partial charge is 0.0612 e. The van der Waals surface area contributed by atoms with Gasteiger partial charge in [0.05, 0.1) is 5.02 Å². The zero-order valence-corrected chi connectivity index (χ0v) is 7.15. The van der Waals surface area contributed by atoms with Gasteiger partial charge in [-0.1, -0.05) is 18.5 Å². The second kappa shape index (κ2) is 3.11. The number of halogens is 1. The van der Waals surface area contributed by atoms with Gasteiger partial charge in [-0.2, -0.15) is 0 Å². The fourth-order valence-corrected chi connectivity index (χ4v) is 1.17. The Morgan fingerprint density at radius 2 is 2.30 bits per heavy atom. The lowest BCUT2D eigenvalue weighted by Gasteiger charge is -2.01. The maximum Gasteiger partial charge on any atom is 0.0612 e. The van der Waals surface area contributed by atoms with Crippen molar-refractivity contribution in [3.63, 3.8) is 0 Å². The average Bonchev–Trinajstić information content (AvgIpc) is 2.20. The highest BCUT2D eigenvalue weighted by Crippen LogP contribution is 2.15. The summed E-state index contributed by atoms with van der Waals surface area (Å²) in [4.78, 5) is 0. The Labute approximate surface area is 66.6 Å². The number of rotatable bonds is 2. The molecule has 0 N–H and O–H groups in total. The van der Waals surface area contributed by atoms with Crippen molar-refractivity contribution in [3.8, 4) is 0 Å². The Hall–Kier alpha value is -0.430. The third kappa shape index (κ3) is 1.35. The molecule has 0 saturated carbocycles. The number of aryl methyl sites for hydroxylation is 1. The number of aromatic nitrogens is 1. The van der Waals surface area contributed by atoms with Crippen molar-refractivity contribution in [1.82, 2.24) is 4.57 Å². The summed E-state index contributed by atoms with van der Waals surface area (Å²) in [6, 6.07) is 1.94. The molecule has 0 aliphatic rings. The zero-order valence-electron chi connectivity index (χ0n) is 6.39. The maximum atomic E-state index is 5.84.